The highest BCUT2D eigenvalue weighted by atomic mass is 35.5. The van der Waals surface area contributed by atoms with Gasteiger partial charge in [-0.1, -0.05) is 95.4 Å². The summed E-state index contributed by atoms with van der Waals surface area (Å²) in [7, 11) is 0. The first-order valence-electron chi connectivity index (χ1n) is 19.5. The van der Waals surface area contributed by atoms with E-state index < -0.39 is 0 Å². The number of halogens is 2. The highest BCUT2D eigenvalue weighted by Crippen LogP contribution is 2.75. The van der Waals surface area contributed by atoms with E-state index >= 15 is 0 Å². The molecule has 5 fully saturated rings. The molecule has 0 radical (unpaired) electrons. The Balaban J connectivity index is 1.13. The molecule has 8 atom stereocenters. The zero-order valence-corrected chi connectivity index (χ0v) is 33.1. The van der Waals surface area contributed by atoms with Crippen molar-refractivity contribution in [3.8, 4) is 0 Å². The van der Waals surface area contributed by atoms with Gasteiger partial charge in [0, 0.05) is 32.3 Å². The molecular formula is C43H60Cl2N2O3. The molecule has 5 nitrogen and oxygen atoms in total. The number of allylic oxidation sites excluding steroid dienone is 2. The number of fused-ring (bicyclic) bond motifs is 7. The molecule has 50 heavy (non-hydrogen) atoms. The number of benzene rings is 1. The maximum Gasteiger partial charge on any atom is 0.246 e. The van der Waals surface area contributed by atoms with E-state index in [0.717, 1.165) is 56.9 Å². The summed E-state index contributed by atoms with van der Waals surface area (Å²) in [6.45, 7) is 19.5. The normalized spacial score (nSPS) is 40.6. The fourth-order valence-corrected chi connectivity index (χ4v) is 13.3. The van der Waals surface area contributed by atoms with E-state index in [0.29, 0.717) is 54.0 Å². The third-order valence-corrected chi connectivity index (χ3v) is 17.1. The third-order valence-electron chi connectivity index (χ3n) is 16.3. The van der Waals surface area contributed by atoms with Gasteiger partial charge in [-0.2, -0.15) is 0 Å². The Morgan fingerprint density at radius 1 is 0.840 bits per heavy atom. The van der Waals surface area contributed by atoms with Crippen molar-refractivity contribution >= 4 is 41.1 Å². The van der Waals surface area contributed by atoms with Crippen LogP contribution in [-0.2, 0) is 9.59 Å². The lowest BCUT2D eigenvalue weighted by atomic mass is 9.33. The Morgan fingerprint density at radius 3 is 2.24 bits per heavy atom. The summed E-state index contributed by atoms with van der Waals surface area (Å²) in [4.78, 5) is 32.1. The highest BCUT2D eigenvalue weighted by molar-refractivity contribution is 6.42. The van der Waals surface area contributed by atoms with Gasteiger partial charge in [-0.3, -0.25) is 9.59 Å². The van der Waals surface area contributed by atoms with E-state index in [4.69, 9.17) is 23.2 Å². The van der Waals surface area contributed by atoms with Crippen molar-refractivity contribution < 1.29 is 14.7 Å². The number of amides is 2. The molecule has 1 aromatic rings. The van der Waals surface area contributed by atoms with E-state index in [-0.39, 0.29) is 50.4 Å². The summed E-state index contributed by atoms with van der Waals surface area (Å²) in [5.41, 5.74) is 2.54. The number of hydrogen-bond donors (Lipinski definition) is 1. The van der Waals surface area contributed by atoms with Crippen LogP contribution >= 0.6 is 23.2 Å². The molecule has 2 amide bonds. The van der Waals surface area contributed by atoms with Crippen LogP contribution in [0.5, 0.6) is 0 Å². The number of carbonyl (C=O) groups excluding carboxylic acids is 2. The minimum absolute atomic E-state index is 0.0599. The van der Waals surface area contributed by atoms with Crippen LogP contribution in [0.15, 0.2) is 35.9 Å². The van der Waals surface area contributed by atoms with Gasteiger partial charge in [-0.25, -0.2) is 0 Å². The topological polar surface area (TPSA) is 60.9 Å². The van der Waals surface area contributed by atoms with E-state index in [1.165, 1.54) is 12.8 Å². The number of hydrogen-bond acceptors (Lipinski definition) is 3. The second kappa shape index (κ2) is 12.4. The fraction of sp³-hybridized carbons (Fsp3) is 0.721. The second-order valence-corrected chi connectivity index (χ2v) is 20.1. The molecule has 1 N–H and O–H groups in total. The van der Waals surface area contributed by atoms with E-state index in [1.807, 2.05) is 17.0 Å². The van der Waals surface area contributed by atoms with Crippen LogP contribution in [0.4, 0.5) is 0 Å². The third kappa shape index (κ3) is 5.40. The number of piperazine rings is 1. The van der Waals surface area contributed by atoms with Crippen molar-refractivity contribution in [2.45, 2.75) is 119 Å². The molecule has 5 aliphatic carbocycles. The standard InChI is InChI=1S/C43H60Cl2N2O3/c1-38(2)19-21-43(37(50)47-25-23-46(24-26-47)35(49)14-11-28-9-8-10-31(44)36(28)45)22-20-41(6)29(30(43)27-38)12-13-33-40(5)17-16-34(48)39(3,4)32(40)15-18-42(33,41)7/h8-12,14,30,32-34,48H,13,15-27H2,1-7H3/b14-11+/t30-,32-,33+,34-,40-,41+,42+,43-/m0/s1. The first-order chi connectivity index (χ1) is 23.4. The summed E-state index contributed by atoms with van der Waals surface area (Å²) in [6, 6.07) is 5.41. The molecule has 0 spiro atoms. The SMILES string of the molecule is CC1(C)CC[C@]2(C(=O)N3CCN(C(=O)/C=C/c4cccc(Cl)c4Cl)CC3)CC[C@]3(C)C(=CC[C@@H]4[C@@]5(C)CC[C@H](O)C(C)(C)[C@@H]5CC[C@]43C)[C@@H]2C1. The fourth-order valence-electron chi connectivity index (χ4n) is 13.0. The lowest BCUT2D eigenvalue weighted by Crippen LogP contribution is -2.66. The lowest BCUT2D eigenvalue weighted by molar-refractivity contribution is -0.204. The Bertz CT molecular complexity index is 1610. The summed E-state index contributed by atoms with van der Waals surface area (Å²) >= 11 is 12.5. The summed E-state index contributed by atoms with van der Waals surface area (Å²) in [5.74, 6) is 1.65. The molecular weight excluding hydrogens is 663 g/mol. The van der Waals surface area contributed by atoms with Gasteiger partial charge in [0.15, 0.2) is 0 Å². The Morgan fingerprint density at radius 2 is 1.52 bits per heavy atom. The highest BCUT2D eigenvalue weighted by Gasteiger charge is 2.69. The average Bonchev–Trinajstić information content (AvgIpc) is 3.07. The Hall–Kier alpha value is -1.82. The van der Waals surface area contributed by atoms with Gasteiger partial charge in [0.25, 0.3) is 0 Å². The van der Waals surface area contributed by atoms with Crippen molar-refractivity contribution in [3.05, 3.63) is 51.5 Å². The van der Waals surface area contributed by atoms with E-state index in [2.05, 4.69) is 59.4 Å². The van der Waals surface area contributed by atoms with Gasteiger partial charge in [0.05, 0.1) is 21.6 Å². The zero-order valence-electron chi connectivity index (χ0n) is 31.6. The van der Waals surface area contributed by atoms with Crippen molar-refractivity contribution in [2.24, 2.45) is 50.2 Å². The summed E-state index contributed by atoms with van der Waals surface area (Å²) in [6.07, 6.45) is 16.3. The van der Waals surface area contributed by atoms with Crippen LogP contribution in [0, 0.1) is 50.2 Å². The molecule has 1 aromatic carbocycles. The van der Waals surface area contributed by atoms with E-state index in [1.54, 1.807) is 23.8 Å². The zero-order chi connectivity index (χ0) is 36.1. The quantitative estimate of drug-likeness (QED) is 0.250. The molecule has 6 aliphatic rings. The molecule has 0 aromatic heterocycles. The smallest absolute Gasteiger partial charge is 0.246 e. The van der Waals surface area contributed by atoms with Crippen molar-refractivity contribution in [3.63, 3.8) is 0 Å². The Kier molecular flexibility index (Phi) is 9.04. The molecule has 0 bridgehead atoms. The molecule has 1 heterocycles. The average molecular weight is 724 g/mol. The molecule has 7 rings (SSSR count). The van der Waals surface area contributed by atoms with Gasteiger partial charge in [-0.05, 0) is 127 Å². The van der Waals surface area contributed by atoms with Crippen LogP contribution in [0.1, 0.15) is 118 Å². The largest absolute Gasteiger partial charge is 0.393 e. The molecule has 4 saturated carbocycles. The van der Waals surface area contributed by atoms with Crippen molar-refractivity contribution in [2.75, 3.05) is 26.2 Å². The molecule has 1 aliphatic heterocycles. The number of nitrogens with zero attached hydrogens (tertiary/aromatic N) is 2. The van der Waals surface area contributed by atoms with Crippen molar-refractivity contribution in [1.29, 1.82) is 0 Å². The predicted molar refractivity (Wildman–Crippen MR) is 204 cm³/mol. The van der Waals surface area contributed by atoms with Crippen LogP contribution in [0.25, 0.3) is 6.08 Å². The van der Waals surface area contributed by atoms with Gasteiger partial charge >= 0.3 is 0 Å². The number of aliphatic hydroxyl groups excluding tert-OH is 1. The maximum atomic E-state index is 15.0. The van der Waals surface area contributed by atoms with Gasteiger partial charge < -0.3 is 14.9 Å². The lowest BCUT2D eigenvalue weighted by Gasteiger charge is -2.71. The number of aliphatic hydroxyl groups is 1. The number of rotatable bonds is 3. The molecule has 7 heteroatoms. The van der Waals surface area contributed by atoms with Crippen LogP contribution in [0.2, 0.25) is 10.0 Å². The van der Waals surface area contributed by atoms with Gasteiger partial charge in [0.2, 0.25) is 11.8 Å². The molecule has 1 saturated heterocycles. The van der Waals surface area contributed by atoms with Crippen LogP contribution in [0.3, 0.4) is 0 Å². The molecule has 274 valence electrons. The van der Waals surface area contributed by atoms with Crippen LogP contribution in [-0.4, -0.2) is 59.0 Å². The van der Waals surface area contributed by atoms with E-state index in [9.17, 15) is 14.7 Å². The monoisotopic (exact) mass is 722 g/mol. The van der Waals surface area contributed by atoms with Crippen LogP contribution < -0.4 is 0 Å². The summed E-state index contributed by atoms with van der Waals surface area (Å²) in [5, 5.41) is 12.0. The first-order valence-corrected chi connectivity index (χ1v) is 20.2. The summed E-state index contributed by atoms with van der Waals surface area (Å²) < 4.78 is 0. The van der Waals surface area contributed by atoms with Crippen molar-refractivity contribution in [1.82, 2.24) is 9.80 Å². The maximum absolute atomic E-state index is 15.0. The van der Waals surface area contributed by atoms with Gasteiger partial charge in [0.1, 0.15) is 0 Å². The first kappa shape index (κ1) is 36.5. The Labute approximate surface area is 311 Å². The minimum atomic E-state index is -0.364. The van der Waals surface area contributed by atoms with Gasteiger partial charge in [-0.15, -0.1) is 0 Å². The second-order valence-electron chi connectivity index (χ2n) is 19.3. The molecule has 0 unspecified atom stereocenters. The number of carbonyl (C=O) groups is 2. The minimum Gasteiger partial charge on any atom is -0.393 e. The predicted octanol–water partition coefficient (Wildman–Crippen LogP) is 9.84.